The molecule has 0 radical (unpaired) electrons. The van der Waals surface area contributed by atoms with Crippen molar-refractivity contribution in [3.8, 4) is 5.75 Å². The molecular weight excluding hydrogens is 353 g/mol. The number of nitrogens with zero attached hydrogens (tertiary/aromatic N) is 1. The van der Waals surface area contributed by atoms with Crippen LogP contribution in [0, 0.1) is 5.82 Å². The number of rotatable bonds is 6. The van der Waals surface area contributed by atoms with Crippen LogP contribution in [0.15, 0.2) is 47.6 Å². The lowest BCUT2D eigenvalue weighted by molar-refractivity contribution is -0.120. The first kappa shape index (κ1) is 18.3. The minimum Gasteiger partial charge on any atom is -0.497 e. The number of carbonyl (C=O) groups is 1. The van der Waals surface area contributed by atoms with Crippen molar-refractivity contribution >= 4 is 28.7 Å². The molecule has 0 aliphatic carbocycles. The van der Waals surface area contributed by atoms with E-state index in [9.17, 15) is 9.18 Å². The van der Waals surface area contributed by atoms with Crippen molar-refractivity contribution in [3.63, 3.8) is 0 Å². The molecule has 0 aliphatic rings. The van der Waals surface area contributed by atoms with Crippen LogP contribution in [0.5, 0.6) is 5.75 Å². The number of hydrogen-bond acceptors (Lipinski definition) is 4. The monoisotopic (exact) mass is 373 g/mol. The Bertz CT molecular complexity index is 911. The third-order valence-electron chi connectivity index (χ3n) is 4.05. The third kappa shape index (κ3) is 4.16. The van der Waals surface area contributed by atoms with Crippen LogP contribution in [0.4, 0.5) is 4.39 Å². The van der Waals surface area contributed by atoms with E-state index < -0.39 is 0 Å². The summed E-state index contributed by atoms with van der Waals surface area (Å²) >= 11 is 1.35. The van der Waals surface area contributed by atoms with Gasteiger partial charge in [0, 0.05) is 6.07 Å². The van der Waals surface area contributed by atoms with Gasteiger partial charge in [-0.3, -0.25) is 4.79 Å². The number of fused-ring (bicyclic) bond motifs is 1. The summed E-state index contributed by atoms with van der Waals surface area (Å²) in [6.07, 6.45) is 0. The lowest BCUT2D eigenvalue weighted by atomic mass is 10.1. The summed E-state index contributed by atoms with van der Waals surface area (Å²) in [5.41, 5.74) is 2.53. The Morgan fingerprint density at radius 2 is 1.96 bits per heavy atom. The molecule has 3 rings (SSSR count). The quantitative estimate of drug-likeness (QED) is 0.639. The molecule has 0 bridgehead atoms. The largest absolute Gasteiger partial charge is 0.497 e. The zero-order chi connectivity index (χ0) is 18.7. The number of carbonyl (C=O) groups excluding carboxylic acids is 1. The van der Waals surface area contributed by atoms with Gasteiger partial charge in [-0.15, -0.1) is 0 Å². The molecule has 136 valence electrons. The van der Waals surface area contributed by atoms with E-state index in [1.54, 1.807) is 19.2 Å². The number of halogens is 1. The van der Waals surface area contributed by atoms with Gasteiger partial charge in [0.05, 0.1) is 29.4 Å². The van der Waals surface area contributed by atoms with Crippen LogP contribution in [0.3, 0.4) is 0 Å². The van der Waals surface area contributed by atoms with Gasteiger partial charge in [0.25, 0.3) is 0 Å². The molecule has 1 heterocycles. The molecule has 7 heteroatoms. The Balaban J connectivity index is 1.64. The molecule has 26 heavy (non-hydrogen) atoms. The van der Waals surface area contributed by atoms with Crippen LogP contribution in [-0.2, 0) is 4.79 Å². The van der Waals surface area contributed by atoms with Gasteiger partial charge in [-0.1, -0.05) is 23.9 Å². The zero-order valence-corrected chi connectivity index (χ0v) is 15.6. The lowest BCUT2D eigenvalue weighted by Crippen LogP contribution is -2.33. The number of H-pyrrole nitrogens is 1. The Labute approximate surface area is 155 Å². The van der Waals surface area contributed by atoms with E-state index in [1.165, 1.54) is 23.9 Å². The Kier molecular flexibility index (Phi) is 5.46. The number of thioether (sulfide) groups is 1. The highest BCUT2D eigenvalue weighted by Crippen LogP contribution is 2.26. The van der Waals surface area contributed by atoms with Gasteiger partial charge >= 0.3 is 0 Å². The van der Waals surface area contributed by atoms with Crippen LogP contribution >= 0.6 is 11.8 Å². The molecule has 0 aliphatic heterocycles. The maximum atomic E-state index is 13.0. The smallest absolute Gasteiger partial charge is 0.233 e. The van der Waals surface area contributed by atoms with Gasteiger partial charge in [-0.2, -0.15) is 0 Å². The van der Waals surface area contributed by atoms with Crippen molar-refractivity contribution in [2.75, 3.05) is 7.11 Å². The summed E-state index contributed by atoms with van der Waals surface area (Å²) in [6.45, 7) is 3.70. The summed E-state index contributed by atoms with van der Waals surface area (Å²) in [5.74, 6) is 0.346. The fourth-order valence-corrected chi connectivity index (χ4v) is 3.36. The molecule has 1 aromatic heterocycles. The van der Waals surface area contributed by atoms with E-state index in [4.69, 9.17) is 4.74 Å². The van der Waals surface area contributed by atoms with Crippen molar-refractivity contribution in [3.05, 3.63) is 53.8 Å². The zero-order valence-electron chi connectivity index (χ0n) is 14.7. The first-order valence-corrected chi connectivity index (χ1v) is 9.10. The summed E-state index contributed by atoms with van der Waals surface area (Å²) in [5, 5.41) is 3.28. The maximum absolute atomic E-state index is 13.0. The molecule has 2 aromatic carbocycles. The number of hydrogen-bond donors (Lipinski definition) is 2. The highest BCUT2D eigenvalue weighted by Gasteiger charge is 2.19. The number of amides is 1. The van der Waals surface area contributed by atoms with Gasteiger partial charge in [0.1, 0.15) is 11.6 Å². The molecule has 0 fully saturated rings. The molecule has 2 unspecified atom stereocenters. The van der Waals surface area contributed by atoms with Crippen molar-refractivity contribution in [1.29, 1.82) is 0 Å². The number of ether oxygens (including phenoxy) is 1. The van der Waals surface area contributed by atoms with Crippen molar-refractivity contribution in [1.82, 2.24) is 15.3 Å². The average Bonchev–Trinajstić information content (AvgIpc) is 3.03. The normalized spacial score (nSPS) is 13.4. The van der Waals surface area contributed by atoms with Crippen LogP contribution < -0.4 is 10.1 Å². The van der Waals surface area contributed by atoms with Gasteiger partial charge in [0.15, 0.2) is 5.16 Å². The molecule has 2 atom stereocenters. The number of benzene rings is 2. The standard InChI is InChI=1S/C19H20FN3O2S/c1-11(13-4-6-14(20)7-5-13)21-18(24)12(2)26-19-22-16-9-8-15(25-3)10-17(16)23-19/h4-12H,1-3H3,(H,21,24)(H,22,23). The number of nitrogens with one attached hydrogen (secondary N) is 2. The SMILES string of the molecule is COc1ccc2nc(SC(C)C(=O)NC(C)c3ccc(F)cc3)[nH]c2c1. The number of methoxy groups -OCH3 is 1. The highest BCUT2D eigenvalue weighted by atomic mass is 32.2. The Morgan fingerprint density at radius 3 is 2.65 bits per heavy atom. The van der Waals surface area contributed by atoms with E-state index in [0.29, 0.717) is 5.16 Å². The predicted molar refractivity (Wildman–Crippen MR) is 101 cm³/mol. The van der Waals surface area contributed by atoms with Crippen LogP contribution in [-0.4, -0.2) is 28.2 Å². The molecule has 0 saturated carbocycles. The van der Waals surface area contributed by atoms with E-state index in [-0.39, 0.29) is 23.0 Å². The summed E-state index contributed by atoms with van der Waals surface area (Å²) < 4.78 is 18.2. The maximum Gasteiger partial charge on any atom is 0.233 e. The molecule has 0 spiro atoms. The lowest BCUT2D eigenvalue weighted by Gasteiger charge is -2.17. The molecule has 0 saturated heterocycles. The van der Waals surface area contributed by atoms with Crippen molar-refractivity contribution in [2.45, 2.75) is 30.3 Å². The summed E-state index contributed by atoms with van der Waals surface area (Å²) in [4.78, 5) is 20.1. The number of aromatic nitrogens is 2. The van der Waals surface area contributed by atoms with Crippen LogP contribution in [0.2, 0.25) is 0 Å². The molecule has 1 amide bonds. The Morgan fingerprint density at radius 1 is 1.23 bits per heavy atom. The second kappa shape index (κ2) is 7.78. The minimum absolute atomic E-state index is 0.107. The number of imidazole rings is 1. The van der Waals surface area contributed by atoms with Gasteiger partial charge < -0.3 is 15.0 Å². The topological polar surface area (TPSA) is 67.0 Å². The predicted octanol–water partition coefficient (Wildman–Crippen LogP) is 4.07. The minimum atomic E-state index is -0.333. The first-order valence-electron chi connectivity index (χ1n) is 8.22. The second-order valence-corrected chi connectivity index (χ2v) is 7.30. The average molecular weight is 373 g/mol. The van der Waals surface area contributed by atoms with Gasteiger partial charge in [0.2, 0.25) is 5.91 Å². The molecular formula is C19H20FN3O2S. The molecule has 2 N–H and O–H groups in total. The van der Waals surface area contributed by atoms with E-state index >= 15 is 0 Å². The van der Waals surface area contributed by atoms with E-state index in [0.717, 1.165) is 22.3 Å². The van der Waals surface area contributed by atoms with Gasteiger partial charge in [-0.05, 0) is 43.7 Å². The Hall–Kier alpha value is -2.54. The summed E-state index contributed by atoms with van der Waals surface area (Å²) in [6, 6.07) is 11.5. The van der Waals surface area contributed by atoms with Crippen LogP contribution in [0.1, 0.15) is 25.5 Å². The van der Waals surface area contributed by atoms with Crippen LogP contribution in [0.25, 0.3) is 11.0 Å². The molecule has 3 aromatic rings. The molecule has 5 nitrogen and oxygen atoms in total. The van der Waals surface area contributed by atoms with Gasteiger partial charge in [-0.25, -0.2) is 9.37 Å². The fraction of sp³-hybridized carbons (Fsp3) is 0.263. The summed E-state index contributed by atoms with van der Waals surface area (Å²) in [7, 11) is 1.61. The number of aromatic amines is 1. The van der Waals surface area contributed by atoms with E-state index in [2.05, 4.69) is 15.3 Å². The van der Waals surface area contributed by atoms with Crippen molar-refractivity contribution in [2.24, 2.45) is 0 Å². The first-order chi connectivity index (χ1) is 12.5. The highest BCUT2D eigenvalue weighted by molar-refractivity contribution is 8.00. The third-order valence-corrected chi connectivity index (χ3v) is 5.04. The van der Waals surface area contributed by atoms with E-state index in [1.807, 2.05) is 32.0 Å². The fourth-order valence-electron chi connectivity index (χ4n) is 2.53. The second-order valence-electron chi connectivity index (χ2n) is 5.97. The van der Waals surface area contributed by atoms with Crippen molar-refractivity contribution < 1.29 is 13.9 Å².